The first-order valence-corrected chi connectivity index (χ1v) is 10.1. The molecular formula is C19H28ClN5O3. The van der Waals surface area contributed by atoms with Crippen molar-refractivity contribution in [2.24, 2.45) is 5.92 Å². The normalized spacial score (nSPS) is 18.9. The summed E-state index contributed by atoms with van der Waals surface area (Å²) >= 11 is 5.93. The molecule has 3 heterocycles. The number of carbonyl (C=O) groups is 2. The lowest BCUT2D eigenvalue weighted by Gasteiger charge is -2.39. The fraction of sp³-hybridized carbons (Fsp3) is 0.684. The second-order valence-electron chi connectivity index (χ2n) is 8.25. The molecule has 3 rings (SSSR count). The van der Waals surface area contributed by atoms with Crippen molar-refractivity contribution < 1.29 is 14.3 Å². The summed E-state index contributed by atoms with van der Waals surface area (Å²) in [4.78, 5) is 38.9. The molecule has 2 fully saturated rings. The van der Waals surface area contributed by atoms with Crippen LogP contribution in [0.25, 0.3) is 0 Å². The summed E-state index contributed by atoms with van der Waals surface area (Å²) in [5.74, 6) is 0.945. The molecule has 0 unspecified atom stereocenters. The quantitative estimate of drug-likeness (QED) is 0.698. The van der Waals surface area contributed by atoms with Gasteiger partial charge in [0.15, 0.2) is 0 Å². The van der Waals surface area contributed by atoms with Crippen LogP contribution in [0.15, 0.2) is 12.4 Å². The third kappa shape index (κ3) is 5.25. The van der Waals surface area contributed by atoms with Crippen LogP contribution in [0.1, 0.15) is 33.6 Å². The molecule has 2 aliphatic rings. The number of amides is 2. The molecule has 0 saturated carbocycles. The fourth-order valence-corrected chi connectivity index (χ4v) is 3.69. The predicted octanol–water partition coefficient (Wildman–Crippen LogP) is 2.43. The summed E-state index contributed by atoms with van der Waals surface area (Å²) < 4.78 is 5.42. The van der Waals surface area contributed by atoms with Crippen LogP contribution in [0.5, 0.6) is 0 Å². The Bertz CT molecular complexity index is 708. The molecule has 0 bridgehead atoms. The molecule has 0 aliphatic carbocycles. The molecule has 28 heavy (non-hydrogen) atoms. The van der Waals surface area contributed by atoms with Crippen molar-refractivity contribution in [2.45, 2.75) is 39.2 Å². The summed E-state index contributed by atoms with van der Waals surface area (Å²) in [6.45, 7) is 9.45. The Hall–Kier alpha value is -2.09. The third-order valence-corrected chi connectivity index (χ3v) is 5.24. The number of piperidine rings is 1. The zero-order chi connectivity index (χ0) is 20.3. The van der Waals surface area contributed by atoms with E-state index >= 15 is 0 Å². The Morgan fingerprint density at radius 3 is 2.25 bits per heavy atom. The van der Waals surface area contributed by atoms with Crippen LogP contribution >= 0.6 is 11.6 Å². The Labute approximate surface area is 170 Å². The SMILES string of the molecule is CC(C)(C)OC(=O)N1CCC(C(=O)N2CCN(c3cc(Cl)ncn3)CC2)CC1. The van der Waals surface area contributed by atoms with Crippen LogP contribution in [0.2, 0.25) is 5.15 Å². The van der Waals surface area contributed by atoms with E-state index in [1.807, 2.05) is 25.7 Å². The maximum absolute atomic E-state index is 12.9. The molecule has 1 aromatic heterocycles. The molecule has 1 aromatic rings. The third-order valence-electron chi connectivity index (χ3n) is 5.03. The van der Waals surface area contributed by atoms with Crippen LogP contribution in [-0.4, -0.2) is 76.6 Å². The van der Waals surface area contributed by atoms with Gasteiger partial charge in [-0.05, 0) is 33.6 Å². The molecule has 9 heteroatoms. The van der Waals surface area contributed by atoms with Gasteiger partial charge in [0.1, 0.15) is 22.9 Å². The summed E-state index contributed by atoms with van der Waals surface area (Å²) in [6, 6.07) is 1.74. The first-order valence-electron chi connectivity index (χ1n) is 9.72. The lowest BCUT2D eigenvalue weighted by atomic mass is 9.95. The number of likely N-dealkylation sites (tertiary alicyclic amines) is 1. The molecule has 0 N–H and O–H groups in total. The maximum Gasteiger partial charge on any atom is 0.410 e. The first-order chi connectivity index (χ1) is 13.2. The maximum atomic E-state index is 12.9. The minimum atomic E-state index is -0.503. The van der Waals surface area contributed by atoms with E-state index in [-0.39, 0.29) is 17.9 Å². The van der Waals surface area contributed by atoms with Gasteiger partial charge in [-0.2, -0.15) is 0 Å². The molecule has 0 atom stereocenters. The van der Waals surface area contributed by atoms with Gasteiger partial charge in [0, 0.05) is 51.3 Å². The largest absolute Gasteiger partial charge is 0.444 e. The van der Waals surface area contributed by atoms with Crippen LogP contribution in [0, 0.1) is 5.92 Å². The highest BCUT2D eigenvalue weighted by atomic mass is 35.5. The summed E-state index contributed by atoms with van der Waals surface area (Å²) in [5.41, 5.74) is -0.503. The number of ether oxygens (including phenoxy) is 1. The lowest BCUT2D eigenvalue weighted by molar-refractivity contribution is -0.137. The number of piperazine rings is 1. The van der Waals surface area contributed by atoms with E-state index in [4.69, 9.17) is 16.3 Å². The fourth-order valence-electron chi connectivity index (χ4n) is 3.55. The highest BCUT2D eigenvalue weighted by Crippen LogP contribution is 2.23. The van der Waals surface area contributed by atoms with Crippen molar-refractivity contribution in [1.29, 1.82) is 0 Å². The van der Waals surface area contributed by atoms with Gasteiger partial charge in [-0.3, -0.25) is 4.79 Å². The van der Waals surface area contributed by atoms with Gasteiger partial charge in [0.25, 0.3) is 0 Å². The van der Waals surface area contributed by atoms with E-state index in [1.165, 1.54) is 6.33 Å². The Morgan fingerprint density at radius 2 is 1.68 bits per heavy atom. The van der Waals surface area contributed by atoms with Gasteiger partial charge in [-0.15, -0.1) is 0 Å². The average Bonchev–Trinajstić information content (AvgIpc) is 2.66. The van der Waals surface area contributed by atoms with Crippen LogP contribution in [0.3, 0.4) is 0 Å². The van der Waals surface area contributed by atoms with E-state index in [1.54, 1.807) is 11.0 Å². The number of halogens is 1. The van der Waals surface area contributed by atoms with E-state index in [2.05, 4.69) is 14.9 Å². The average molecular weight is 410 g/mol. The van der Waals surface area contributed by atoms with Crippen molar-refractivity contribution in [3.05, 3.63) is 17.5 Å². The summed E-state index contributed by atoms with van der Waals surface area (Å²) in [6.07, 6.45) is 2.52. The monoisotopic (exact) mass is 409 g/mol. The number of nitrogens with zero attached hydrogens (tertiary/aromatic N) is 5. The summed E-state index contributed by atoms with van der Waals surface area (Å²) in [5, 5.41) is 0.417. The van der Waals surface area contributed by atoms with Gasteiger partial charge in [0.2, 0.25) is 5.91 Å². The highest BCUT2D eigenvalue weighted by Gasteiger charge is 2.33. The second-order valence-corrected chi connectivity index (χ2v) is 8.64. The second kappa shape index (κ2) is 8.51. The number of carbonyl (C=O) groups excluding carboxylic acids is 2. The zero-order valence-corrected chi connectivity index (χ0v) is 17.5. The summed E-state index contributed by atoms with van der Waals surface area (Å²) in [7, 11) is 0. The van der Waals surface area contributed by atoms with Crippen molar-refractivity contribution >= 4 is 29.4 Å². The van der Waals surface area contributed by atoms with Gasteiger partial charge in [-0.1, -0.05) is 11.6 Å². The van der Waals surface area contributed by atoms with Gasteiger partial charge in [0.05, 0.1) is 0 Å². The van der Waals surface area contributed by atoms with E-state index in [9.17, 15) is 9.59 Å². The molecule has 2 saturated heterocycles. The van der Waals surface area contributed by atoms with Crippen molar-refractivity contribution in [1.82, 2.24) is 19.8 Å². The minimum Gasteiger partial charge on any atom is -0.444 e. The number of hydrogen-bond donors (Lipinski definition) is 0. The molecule has 0 aromatic carbocycles. The Balaban J connectivity index is 1.47. The molecule has 2 aliphatic heterocycles. The molecule has 2 amide bonds. The number of hydrogen-bond acceptors (Lipinski definition) is 6. The van der Waals surface area contributed by atoms with Crippen LogP contribution in [-0.2, 0) is 9.53 Å². The lowest BCUT2D eigenvalue weighted by Crippen LogP contribution is -2.52. The number of aromatic nitrogens is 2. The Kier molecular flexibility index (Phi) is 6.27. The van der Waals surface area contributed by atoms with Gasteiger partial charge < -0.3 is 19.4 Å². The standard InChI is InChI=1S/C19H28ClN5O3/c1-19(2,3)28-18(27)25-6-4-14(5-7-25)17(26)24-10-8-23(9-11-24)16-12-15(20)21-13-22-16/h12-14H,4-11H2,1-3H3. The molecule has 154 valence electrons. The molecule has 8 nitrogen and oxygen atoms in total. The van der Waals surface area contributed by atoms with E-state index in [0.717, 1.165) is 18.9 Å². The number of anilines is 1. The predicted molar refractivity (Wildman–Crippen MR) is 106 cm³/mol. The van der Waals surface area contributed by atoms with Crippen molar-refractivity contribution in [2.75, 3.05) is 44.2 Å². The van der Waals surface area contributed by atoms with Crippen molar-refractivity contribution in [3.63, 3.8) is 0 Å². The van der Waals surface area contributed by atoms with Crippen LogP contribution < -0.4 is 4.90 Å². The topological polar surface area (TPSA) is 78.9 Å². The molecular weight excluding hydrogens is 382 g/mol. The van der Waals surface area contributed by atoms with E-state index < -0.39 is 5.60 Å². The number of rotatable bonds is 2. The van der Waals surface area contributed by atoms with Gasteiger partial charge in [-0.25, -0.2) is 14.8 Å². The minimum absolute atomic E-state index is 0.0290. The first kappa shape index (κ1) is 20.6. The Morgan fingerprint density at radius 1 is 1.04 bits per heavy atom. The molecule has 0 spiro atoms. The van der Waals surface area contributed by atoms with E-state index in [0.29, 0.717) is 44.2 Å². The molecule has 0 radical (unpaired) electrons. The highest BCUT2D eigenvalue weighted by molar-refractivity contribution is 6.29. The smallest absolute Gasteiger partial charge is 0.410 e. The van der Waals surface area contributed by atoms with Crippen LogP contribution in [0.4, 0.5) is 10.6 Å². The van der Waals surface area contributed by atoms with Gasteiger partial charge >= 0.3 is 6.09 Å². The van der Waals surface area contributed by atoms with Crippen molar-refractivity contribution in [3.8, 4) is 0 Å². The zero-order valence-electron chi connectivity index (χ0n) is 16.7.